The average molecular weight is 216 g/mol. The first-order valence-electron chi connectivity index (χ1n) is 6.84. The van der Waals surface area contributed by atoms with E-state index in [2.05, 4.69) is 38.1 Å². The van der Waals surface area contributed by atoms with E-state index in [-0.39, 0.29) is 0 Å². The molecule has 0 bridgehead atoms. The van der Waals surface area contributed by atoms with Crippen LogP contribution in [0.3, 0.4) is 0 Å². The van der Waals surface area contributed by atoms with E-state index < -0.39 is 0 Å². The number of benzene rings is 1. The predicted molar refractivity (Wildman–Crippen MR) is 70.8 cm³/mol. The van der Waals surface area contributed by atoms with Gasteiger partial charge in [-0.3, -0.25) is 0 Å². The maximum Gasteiger partial charge on any atom is -0.0219 e. The minimum absolute atomic E-state index is 0.659. The third-order valence-corrected chi connectivity index (χ3v) is 3.87. The highest BCUT2D eigenvalue weighted by Gasteiger charge is 2.14. The van der Waals surface area contributed by atoms with Gasteiger partial charge in [-0.25, -0.2) is 0 Å². The van der Waals surface area contributed by atoms with Gasteiger partial charge in [-0.2, -0.15) is 0 Å². The van der Waals surface area contributed by atoms with Crippen LogP contribution in [0.5, 0.6) is 0 Å². The van der Waals surface area contributed by atoms with Crippen molar-refractivity contribution in [1.29, 1.82) is 0 Å². The Bertz CT molecular complexity index is 319. The summed E-state index contributed by atoms with van der Waals surface area (Å²) in [6, 6.07) is 9.21. The van der Waals surface area contributed by atoms with Crippen molar-refractivity contribution < 1.29 is 0 Å². The van der Waals surface area contributed by atoms with Crippen molar-refractivity contribution in [1.82, 2.24) is 0 Å². The van der Waals surface area contributed by atoms with E-state index in [1.807, 2.05) is 0 Å². The van der Waals surface area contributed by atoms with E-state index in [4.69, 9.17) is 0 Å². The molecule has 0 aromatic heterocycles. The summed E-state index contributed by atoms with van der Waals surface area (Å²) in [7, 11) is 0. The van der Waals surface area contributed by atoms with Crippen LogP contribution in [0.15, 0.2) is 24.3 Å². The van der Waals surface area contributed by atoms with Gasteiger partial charge in [0.15, 0.2) is 0 Å². The standard InChI is InChI=1S/C16H24/c1-13(2)16-10-6-9-15(12-16)11-14-7-4-3-5-8-14/h6,9-10,12-14H,3-5,7-8,11H2,1-2H3. The SMILES string of the molecule is CC(C)c1cccc(CC2CCCCC2)c1. The minimum Gasteiger partial charge on any atom is -0.0617 e. The second-order valence-electron chi connectivity index (χ2n) is 5.61. The van der Waals surface area contributed by atoms with Crippen molar-refractivity contribution >= 4 is 0 Å². The lowest BCUT2D eigenvalue weighted by molar-refractivity contribution is 0.356. The van der Waals surface area contributed by atoms with Gasteiger partial charge < -0.3 is 0 Å². The molecule has 1 aromatic carbocycles. The molecule has 0 unspecified atom stereocenters. The minimum atomic E-state index is 0.659. The topological polar surface area (TPSA) is 0 Å². The first kappa shape index (κ1) is 11.7. The van der Waals surface area contributed by atoms with Crippen LogP contribution in [0.1, 0.15) is 63.0 Å². The van der Waals surface area contributed by atoms with Crippen molar-refractivity contribution in [2.24, 2.45) is 5.92 Å². The Labute approximate surface area is 100 Å². The van der Waals surface area contributed by atoms with Gasteiger partial charge >= 0.3 is 0 Å². The molecule has 0 spiro atoms. The lowest BCUT2D eigenvalue weighted by Crippen LogP contribution is -2.09. The summed E-state index contributed by atoms with van der Waals surface area (Å²) < 4.78 is 0. The van der Waals surface area contributed by atoms with E-state index in [1.165, 1.54) is 44.1 Å². The van der Waals surface area contributed by atoms with E-state index in [0.717, 1.165) is 5.92 Å². The van der Waals surface area contributed by atoms with E-state index in [1.54, 1.807) is 5.56 Å². The molecule has 2 rings (SSSR count). The Balaban J connectivity index is 2.00. The second kappa shape index (κ2) is 5.52. The maximum atomic E-state index is 2.42. The molecule has 0 aliphatic heterocycles. The zero-order chi connectivity index (χ0) is 11.4. The molecular formula is C16H24. The monoisotopic (exact) mass is 216 g/mol. The molecule has 0 atom stereocenters. The lowest BCUT2D eigenvalue weighted by Gasteiger charge is -2.21. The average Bonchev–Trinajstić information content (AvgIpc) is 2.30. The zero-order valence-corrected chi connectivity index (χ0v) is 10.7. The van der Waals surface area contributed by atoms with E-state index in [0.29, 0.717) is 5.92 Å². The molecule has 1 fully saturated rings. The molecule has 0 N–H and O–H groups in total. The largest absolute Gasteiger partial charge is 0.0617 e. The van der Waals surface area contributed by atoms with Crippen LogP contribution >= 0.6 is 0 Å². The first-order valence-corrected chi connectivity index (χ1v) is 6.84. The molecule has 1 aliphatic carbocycles. The maximum absolute atomic E-state index is 2.42. The molecule has 1 aliphatic rings. The predicted octanol–water partition coefficient (Wildman–Crippen LogP) is 4.93. The Morgan fingerprint density at radius 3 is 2.56 bits per heavy atom. The van der Waals surface area contributed by atoms with Crippen molar-refractivity contribution in [3.63, 3.8) is 0 Å². The highest BCUT2D eigenvalue weighted by Crippen LogP contribution is 2.27. The Morgan fingerprint density at radius 2 is 1.88 bits per heavy atom. The molecule has 0 heteroatoms. The van der Waals surface area contributed by atoms with Crippen LogP contribution in [0.4, 0.5) is 0 Å². The molecule has 0 radical (unpaired) electrons. The molecule has 0 amide bonds. The van der Waals surface area contributed by atoms with E-state index >= 15 is 0 Å². The van der Waals surface area contributed by atoms with Gasteiger partial charge in [-0.05, 0) is 29.4 Å². The van der Waals surface area contributed by atoms with Gasteiger partial charge in [0.25, 0.3) is 0 Å². The van der Waals surface area contributed by atoms with Gasteiger partial charge in [0, 0.05) is 0 Å². The molecule has 16 heavy (non-hydrogen) atoms. The molecule has 1 saturated carbocycles. The van der Waals surface area contributed by atoms with Gasteiger partial charge in [0.2, 0.25) is 0 Å². The van der Waals surface area contributed by atoms with Crippen molar-refractivity contribution in [3.05, 3.63) is 35.4 Å². The summed E-state index contributed by atoms with van der Waals surface area (Å²) in [6.45, 7) is 4.56. The van der Waals surface area contributed by atoms with Crippen LogP contribution in [0.25, 0.3) is 0 Å². The second-order valence-corrected chi connectivity index (χ2v) is 5.61. The molecule has 0 nitrogen and oxygen atoms in total. The Hall–Kier alpha value is -0.780. The number of hydrogen-bond acceptors (Lipinski definition) is 0. The molecular weight excluding hydrogens is 192 g/mol. The molecule has 88 valence electrons. The molecule has 1 aromatic rings. The summed E-state index contributed by atoms with van der Waals surface area (Å²) in [6.07, 6.45) is 8.57. The van der Waals surface area contributed by atoms with Crippen LogP contribution in [-0.4, -0.2) is 0 Å². The fourth-order valence-corrected chi connectivity index (χ4v) is 2.80. The Kier molecular flexibility index (Phi) is 4.04. The normalized spacial score (nSPS) is 17.9. The zero-order valence-electron chi connectivity index (χ0n) is 10.7. The fraction of sp³-hybridized carbons (Fsp3) is 0.625. The lowest BCUT2D eigenvalue weighted by atomic mass is 9.84. The van der Waals surface area contributed by atoms with Gasteiger partial charge in [-0.1, -0.05) is 70.2 Å². The van der Waals surface area contributed by atoms with Crippen molar-refractivity contribution in [2.75, 3.05) is 0 Å². The smallest absolute Gasteiger partial charge is 0.0219 e. The summed E-state index contributed by atoms with van der Waals surface area (Å²) >= 11 is 0. The van der Waals surface area contributed by atoms with E-state index in [9.17, 15) is 0 Å². The highest BCUT2D eigenvalue weighted by atomic mass is 14.2. The summed E-state index contributed by atoms with van der Waals surface area (Å²) in [4.78, 5) is 0. The van der Waals surface area contributed by atoms with Crippen LogP contribution in [-0.2, 0) is 6.42 Å². The molecule has 0 heterocycles. The van der Waals surface area contributed by atoms with Crippen LogP contribution in [0, 0.1) is 5.92 Å². The molecule has 0 saturated heterocycles. The van der Waals surface area contributed by atoms with Gasteiger partial charge in [-0.15, -0.1) is 0 Å². The first-order chi connectivity index (χ1) is 7.75. The van der Waals surface area contributed by atoms with Crippen molar-refractivity contribution in [3.8, 4) is 0 Å². The highest BCUT2D eigenvalue weighted by molar-refractivity contribution is 5.26. The third kappa shape index (κ3) is 3.10. The quantitative estimate of drug-likeness (QED) is 0.672. The third-order valence-electron chi connectivity index (χ3n) is 3.87. The number of rotatable bonds is 3. The van der Waals surface area contributed by atoms with Crippen LogP contribution < -0.4 is 0 Å². The Morgan fingerprint density at radius 1 is 1.12 bits per heavy atom. The summed E-state index contributed by atoms with van der Waals surface area (Å²) in [5.41, 5.74) is 3.05. The number of hydrogen-bond donors (Lipinski definition) is 0. The summed E-state index contributed by atoms with van der Waals surface area (Å²) in [5.74, 6) is 1.61. The van der Waals surface area contributed by atoms with Crippen molar-refractivity contribution in [2.45, 2.75) is 58.3 Å². The van der Waals surface area contributed by atoms with Gasteiger partial charge in [0.05, 0.1) is 0 Å². The fourth-order valence-electron chi connectivity index (χ4n) is 2.80. The summed E-state index contributed by atoms with van der Waals surface area (Å²) in [5, 5.41) is 0. The van der Waals surface area contributed by atoms with Crippen LogP contribution in [0.2, 0.25) is 0 Å². The van der Waals surface area contributed by atoms with Gasteiger partial charge in [0.1, 0.15) is 0 Å².